The molecule has 1 atom stereocenters. The molecule has 0 N–H and O–H groups in total. The molecule has 0 aromatic heterocycles. The minimum Gasteiger partial charge on any atom is -0.383 e. The van der Waals surface area contributed by atoms with E-state index in [1.807, 2.05) is 13.8 Å². The molecule has 0 fully saturated rings. The first-order valence-corrected chi connectivity index (χ1v) is 6.07. The van der Waals surface area contributed by atoms with E-state index < -0.39 is 0 Å². The number of benzene rings is 1. The minimum absolute atomic E-state index is 0.00198. The summed E-state index contributed by atoms with van der Waals surface area (Å²) in [7, 11) is 1.61. The van der Waals surface area contributed by atoms with E-state index in [1.54, 1.807) is 25.0 Å². The van der Waals surface area contributed by atoms with Crippen LogP contribution in [0.5, 0.6) is 0 Å². The van der Waals surface area contributed by atoms with E-state index >= 15 is 0 Å². The molecule has 1 aromatic carbocycles. The zero-order valence-electron chi connectivity index (χ0n) is 11.4. The van der Waals surface area contributed by atoms with Crippen molar-refractivity contribution in [1.82, 2.24) is 4.90 Å². The topological polar surface area (TPSA) is 29.5 Å². The highest BCUT2D eigenvalue weighted by molar-refractivity contribution is 5.94. The van der Waals surface area contributed by atoms with Gasteiger partial charge in [-0.25, -0.2) is 4.39 Å². The minimum atomic E-state index is -0.292. The quantitative estimate of drug-likeness (QED) is 0.807. The van der Waals surface area contributed by atoms with Gasteiger partial charge in [0.2, 0.25) is 0 Å². The van der Waals surface area contributed by atoms with Crippen molar-refractivity contribution < 1.29 is 13.9 Å². The first-order chi connectivity index (χ1) is 8.51. The van der Waals surface area contributed by atoms with Gasteiger partial charge in [0.15, 0.2) is 0 Å². The summed E-state index contributed by atoms with van der Waals surface area (Å²) in [5.41, 5.74) is 0.995. The molecule has 0 bridgehead atoms. The highest BCUT2D eigenvalue weighted by atomic mass is 19.1. The van der Waals surface area contributed by atoms with Gasteiger partial charge in [-0.15, -0.1) is 0 Å². The van der Waals surface area contributed by atoms with Gasteiger partial charge in [-0.1, -0.05) is 0 Å². The van der Waals surface area contributed by atoms with Crippen LogP contribution in [0.25, 0.3) is 0 Å². The third-order valence-corrected chi connectivity index (χ3v) is 2.95. The molecule has 3 nitrogen and oxygen atoms in total. The molecule has 0 aliphatic rings. The Morgan fingerprint density at radius 3 is 2.67 bits per heavy atom. The van der Waals surface area contributed by atoms with Crippen molar-refractivity contribution in [1.29, 1.82) is 0 Å². The largest absolute Gasteiger partial charge is 0.383 e. The van der Waals surface area contributed by atoms with Gasteiger partial charge in [0.25, 0.3) is 5.91 Å². The number of likely N-dealkylation sites (N-methyl/N-ethyl adjacent to an activating group) is 1. The van der Waals surface area contributed by atoms with Gasteiger partial charge >= 0.3 is 0 Å². The predicted molar refractivity (Wildman–Crippen MR) is 69.2 cm³/mol. The summed E-state index contributed by atoms with van der Waals surface area (Å²) in [4.78, 5) is 14.0. The van der Waals surface area contributed by atoms with E-state index in [2.05, 4.69) is 0 Å². The van der Waals surface area contributed by atoms with Crippen LogP contribution < -0.4 is 0 Å². The zero-order valence-corrected chi connectivity index (χ0v) is 11.4. The fourth-order valence-electron chi connectivity index (χ4n) is 1.93. The maximum Gasteiger partial charge on any atom is 0.254 e. The molecular weight excluding hydrogens is 233 g/mol. The average Bonchev–Trinajstić information content (AvgIpc) is 2.33. The van der Waals surface area contributed by atoms with E-state index in [0.29, 0.717) is 24.3 Å². The Bertz CT molecular complexity index is 420. The Labute approximate surface area is 108 Å². The highest BCUT2D eigenvalue weighted by Gasteiger charge is 2.20. The normalized spacial score (nSPS) is 12.3. The maximum atomic E-state index is 13.2. The smallest absolute Gasteiger partial charge is 0.254 e. The second kappa shape index (κ2) is 6.50. The number of methoxy groups -OCH3 is 1. The molecule has 0 saturated heterocycles. The molecule has 0 aliphatic carbocycles. The van der Waals surface area contributed by atoms with Gasteiger partial charge in [0, 0.05) is 19.2 Å². The number of aryl methyl sites for hydroxylation is 1. The van der Waals surface area contributed by atoms with Crippen LogP contribution >= 0.6 is 0 Å². The number of hydrogen-bond donors (Lipinski definition) is 0. The molecule has 0 heterocycles. The monoisotopic (exact) mass is 253 g/mol. The van der Waals surface area contributed by atoms with E-state index in [4.69, 9.17) is 4.74 Å². The van der Waals surface area contributed by atoms with Crippen LogP contribution in [0.4, 0.5) is 4.39 Å². The van der Waals surface area contributed by atoms with Gasteiger partial charge in [-0.3, -0.25) is 4.79 Å². The number of rotatable bonds is 5. The van der Waals surface area contributed by atoms with Crippen LogP contribution in [-0.4, -0.2) is 37.1 Å². The van der Waals surface area contributed by atoms with Crippen LogP contribution in [0.2, 0.25) is 0 Å². The predicted octanol–water partition coefficient (Wildman–Crippen LogP) is 2.63. The lowest BCUT2D eigenvalue weighted by molar-refractivity contribution is 0.0579. The van der Waals surface area contributed by atoms with E-state index in [0.717, 1.165) is 0 Å². The number of halogens is 1. The average molecular weight is 253 g/mol. The van der Waals surface area contributed by atoms with Gasteiger partial charge < -0.3 is 9.64 Å². The Balaban J connectivity index is 2.92. The summed E-state index contributed by atoms with van der Waals surface area (Å²) in [6.45, 7) is 6.59. The lowest BCUT2D eigenvalue weighted by Gasteiger charge is -2.27. The SMILES string of the molecule is CCN(C(=O)c1ccc(F)c(C)c1)C(C)COC. The number of nitrogens with zero attached hydrogens (tertiary/aromatic N) is 1. The molecular formula is C14H20FNO2. The van der Waals surface area contributed by atoms with E-state index in [-0.39, 0.29) is 17.8 Å². The molecule has 0 saturated carbocycles. The second-order valence-electron chi connectivity index (χ2n) is 4.36. The van der Waals surface area contributed by atoms with E-state index in [1.165, 1.54) is 12.1 Å². The molecule has 1 unspecified atom stereocenters. The molecule has 0 radical (unpaired) electrons. The number of ether oxygens (including phenoxy) is 1. The van der Waals surface area contributed by atoms with E-state index in [9.17, 15) is 9.18 Å². The fraction of sp³-hybridized carbons (Fsp3) is 0.500. The van der Waals surface area contributed by atoms with Crippen LogP contribution in [0.3, 0.4) is 0 Å². The van der Waals surface area contributed by atoms with Crippen molar-refractivity contribution in [2.24, 2.45) is 0 Å². The lowest BCUT2D eigenvalue weighted by atomic mass is 10.1. The molecule has 1 aromatic rings. The number of hydrogen-bond acceptors (Lipinski definition) is 2. The van der Waals surface area contributed by atoms with Crippen molar-refractivity contribution in [3.8, 4) is 0 Å². The molecule has 4 heteroatoms. The van der Waals surface area contributed by atoms with Gasteiger partial charge in [-0.2, -0.15) is 0 Å². The maximum absolute atomic E-state index is 13.2. The Morgan fingerprint density at radius 1 is 1.50 bits per heavy atom. The summed E-state index contributed by atoms with van der Waals surface area (Å²) in [5, 5.41) is 0. The third kappa shape index (κ3) is 3.29. The van der Waals surface area contributed by atoms with Gasteiger partial charge in [0.05, 0.1) is 12.6 Å². The van der Waals surface area contributed by atoms with Crippen LogP contribution in [0, 0.1) is 12.7 Å². The molecule has 0 spiro atoms. The molecule has 100 valence electrons. The first-order valence-electron chi connectivity index (χ1n) is 6.07. The summed E-state index contributed by atoms with van der Waals surface area (Å²) in [6, 6.07) is 4.43. The van der Waals surface area contributed by atoms with Crippen molar-refractivity contribution in [3.63, 3.8) is 0 Å². The standard InChI is InChI=1S/C14H20FNO2/c1-5-16(11(3)9-18-4)14(17)12-6-7-13(15)10(2)8-12/h6-8,11H,5,9H2,1-4H3. The van der Waals surface area contributed by atoms with Crippen LogP contribution in [-0.2, 0) is 4.74 Å². The summed E-state index contributed by atoms with van der Waals surface area (Å²) in [5.74, 6) is -0.385. The molecule has 0 aliphatic heterocycles. The van der Waals surface area contributed by atoms with Gasteiger partial charge in [0.1, 0.15) is 5.82 Å². The van der Waals surface area contributed by atoms with Crippen LogP contribution in [0.1, 0.15) is 29.8 Å². The Hall–Kier alpha value is -1.42. The van der Waals surface area contributed by atoms with Gasteiger partial charge in [-0.05, 0) is 44.5 Å². The van der Waals surface area contributed by atoms with Crippen molar-refractivity contribution in [3.05, 3.63) is 35.1 Å². The Morgan fingerprint density at radius 2 is 2.17 bits per heavy atom. The molecule has 18 heavy (non-hydrogen) atoms. The lowest BCUT2D eigenvalue weighted by Crippen LogP contribution is -2.40. The summed E-state index contributed by atoms with van der Waals surface area (Å²) >= 11 is 0. The Kier molecular flexibility index (Phi) is 5.28. The highest BCUT2D eigenvalue weighted by Crippen LogP contribution is 2.13. The summed E-state index contributed by atoms with van der Waals surface area (Å²) in [6.07, 6.45) is 0. The van der Waals surface area contributed by atoms with Crippen molar-refractivity contribution in [2.45, 2.75) is 26.8 Å². The number of carbonyl (C=O) groups is 1. The van der Waals surface area contributed by atoms with Crippen molar-refractivity contribution in [2.75, 3.05) is 20.3 Å². The fourth-order valence-corrected chi connectivity index (χ4v) is 1.93. The molecule has 1 amide bonds. The number of carbonyl (C=O) groups excluding carboxylic acids is 1. The van der Waals surface area contributed by atoms with Crippen molar-refractivity contribution >= 4 is 5.91 Å². The van der Waals surface area contributed by atoms with Crippen LogP contribution in [0.15, 0.2) is 18.2 Å². The first kappa shape index (κ1) is 14.6. The summed E-state index contributed by atoms with van der Waals surface area (Å²) < 4.78 is 18.2. The molecule has 1 rings (SSSR count). The number of amides is 1. The second-order valence-corrected chi connectivity index (χ2v) is 4.36. The zero-order chi connectivity index (χ0) is 13.7. The third-order valence-electron chi connectivity index (χ3n) is 2.95.